The number of fused-ring (bicyclic) bond motifs is 3. The van der Waals surface area contributed by atoms with Gasteiger partial charge in [-0.1, -0.05) is 84.4 Å². The van der Waals surface area contributed by atoms with Gasteiger partial charge in [0, 0.05) is 12.4 Å². The molecule has 124 valence electrons. The van der Waals surface area contributed by atoms with Crippen LogP contribution in [0.5, 0.6) is 0 Å². The molecular weight excluding hydrogens is 330 g/mol. The number of hydrogen-bond donors (Lipinski definition) is 0. The van der Waals surface area contributed by atoms with Crippen LogP contribution in [0.2, 0.25) is 0 Å². The fourth-order valence-electron chi connectivity index (χ4n) is 4.45. The molecule has 1 aliphatic heterocycles. The summed E-state index contributed by atoms with van der Waals surface area (Å²) >= 11 is 0. The van der Waals surface area contributed by atoms with Crippen LogP contribution in [0.4, 0.5) is 0 Å². The molecule has 0 unspecified atom stereocenters. The molecule has 0 spiro atoms. The van der Waals surface area contributed by atoms with E-state index in [9.17, 15) is 0 Å². The predicted octanol–water partition coefficient (Wildman–Crippen LogP) is 2.75. The van der Waals surface area contributed by atoms with Crippen LogP contribution in [-0.2, 0) is 0 Å². The SMILES string of the molecule is Cc1ccc2c(c1)-c1ccncc1[Si]2(c1ccccc1)c1ccccc1. The topological polar surface area (TPSA) is 12.9 Å². The lowest BCUT2D eigenvalue weighted by Crippen LogP contribution is -2.72. The first kappa shape index (κ1) is 15.3. The minimum Gasteiger partial charge on any atom is -0.265 e. The Morgan fingerprint density at radius 3 is 1.96 bits per heavy atom. The fraction of sp³-hybridized carbons (Fsp3) is 0.0417. The van der Waals surface area contributed by atoms with Gasteiger partial charge >= 0.3 is 0 Å². The van der Waals surface area contributed by atoms with Crippen molar-refractivity contribution in [2.24, 2.45) is 0 Å². The third-order valence-electron chi connectivity index (χ3n) is 5.51. The van der Waals surface area contributed by atoms with E-state index in [1.165, 1.54) is 37.4 Å². The maximum atomic E-state index is 4.54. The molecule has 4 aromatic rings. The van der Waals surface area contributed by atoms with Crippen molar-refractivity contribution in [3.05, 3.63) is 103 Å². The Kier molecular flexibility index (Phi) is 3.40. The number of hydrogen-bond acceptors (Lipinski definition) is 1. The molecule has 1 aromatic heterocycles. The van der Waals surface area contributed by atoms with E-state index >= 15 is 0 Å². The second kappa shape index (κ2) is 5.79. The largest absolute Gasteiger partial charge is 0.265 e. The molecule has 2 heterocycles. The molecular formula is C24H19NSi. The quantitative estimate of drug-likeness (QED) is 0.447. The normalized spacial score (nSPS) is 13.9. The number of pyridine rings is 1. The highest BCUT2D eigenvalue weighted by Crippen LogP contribution is 2.28. The molecule has 0 bridgehead atoms. The van der Waals surface area contributed by atoms with Crippen LogP contribution in [0.25, 0.3) is 11.1 Å². The van der Waals surface area contributed by atoms with Gasteiger partial charge in [-0.2, -0.15) is 0 Å². The van der Waals surface area contributed by atoms with Gasteiger partial charge in [-0.05, 0) is 44.9 Å². The lowest BCUT2D eigenvalue weighted by atomic mass is 10.1. The van der Waals surface area contributed by atoms with Crippen LogP contribution in [0.15, 0.2) is 97.3 Å². The second-order valence-corrected chi connectivity index (χ2v) is 10.7. The Balaban J connectivity index is 1.98. The average molecular weight is 350 g/mol. The Hall–Kier alpha value is -2.97. The highest BCUT2D eigenvalue weighted by Gasteiger charge is 2.48. The summed E-state index contributed by atoms with van der Waals surface area (Å²) in [7, 11) is -2.31. The maximum Gasteiger partial charge on any atom is 0.182 e. The van der Waals surface area contributed by atoms with E-state index < -0.39 is 8.07 Å². The monoisotopic (exact) mass is 349 g/mol. The molecule has 0 fully saturated rings. The first-order chi connectivity index (χ1) is 12.8. The van der Waals surface area contributed by atoms with Crippen molar-refractivity contribution in [3.8, 4) is 11.1 Å². The Morgan fingerprint density at radius 1 is 0.654 bits per heavy atom. The molecule has 0 radical (unpaired) electrons. The average Bonchev–Trinajstić information content (AvgIpc) is 3.00. The molecule has 0 atom stereocenters. The third-order valence-corrected chi connectivity index (χ3v) is 10.4. The zero-order valence-corrected chi connectivity index (χ0v) is 15.7. The van der Waals surface area contributed by atoms with Gasteiger partial charge in [0.1, 0.15) is 0 Å². The van der Waals surface area contributed by atoms with Crippen LogP contribution in [0.3, 0.4) is 0 Å². The van der Waals surface area contributed by atoms with E-state index in [0.29, 0.717) is 0 Å². The van der Waals surface area contributed by atoms with E-state index in [2.05, 4.69) is 103 Å². The van der Waals surface area contributed by atoms with Gasteiger partial charge in [-0.15, -0.1) is 0 Å². The van der Waals surface area contributed by atoms with Crippen molar-refractivity contribution in [2.45, 2.75) is 6.92 Å². The lowest BCUT2D eigenvalue weighted by Gasteiger charge is -2.30. The third kappa shape index (κ3) is 1.99. The zero-order chi connectivity index (χ0) is 17.6. The number of benzene rings is 3. The first-order valence-corrected chi connectivity index (χ1v) is 11.0. The van der Waals surface area contributed by atoms with Crippen molar-refractivity contribution < 1.29 is 0 Å². The summed E-state index contributed by atoms with van der Waals surface area (Å²) in [6.45, 7) is 2.17. The molecule has 1 nitrogen and oxygen atoms in total. The Morgan fingerprint density at radius 2 is 1.31 bits per heavy atom. The van der Waals surface area contributed by atoms with Crippen LogP contribution in [-0.4, -0.2) is 13.1 Å². The molecule has 0 saturated heterocycles. The van der Waals surface area contributed by atoms with E-state index in [0.717, 1.165) is 0 Å². The van der Waals surface area contributed by atoms with Crippen molar-refractivity contribution in [2.75, 3.05) is 0 Å². The minimum absolute atomic E-state index is 1.30. The van der Waals surface area contributed by atoms with Crippen LogP contribution >= 0.6 is 0 Å². The minimum atomic E-state index is -2.31. The van der Waals surface area contributed by atoms with Crippen molar-refractivity contribution in [1.82, 2.24) is 4.98 Å². The highest BCUT2D eigenvalue weighted by atomic mass is 28.3. The zero-order valence-electron chi connectivity index (χ0n) is 14.7. The molecule has 3 aromatic carbocycles. The summed E-state index contributed by atoms with van der Waals surface area (Å²) in [6.07, 6.45) is 4.03. The molecule has 0 amide bonds. The van der Waals surface area contributed by atoms with Crippen LogP contribution in [0, 0.1) is 6.92 Å². The smallest absolute Gasteiger partial charge is 0.182 e. The fourth-order valence-corrected chi connectivity index (χ4v) is 9.53. The molecule has 1 aliphatic rings. The van der Waals surface area contributed by atoms with Crippen LogP contribution in [0.1, 0.15) is 5.56 Å². The second-order valence-electron chi connectivity index (χ2n) is 6.95. The summed E-state index contributed by atoms with van der Waals surface area (Å²) in [5.41, 5.74) is 4.03. The van der Waals surface area contributed by atoms with Gasteiger partial charge < -0.3 is 0 Å². The number of rotatable bonds is 2. The van der Waals surface area contributed by atoms with E-state index in [4.69, 9.17) is 0 Å². The van der Waals surface area contributed by atoms with Gasteiger partial charge in [0.25, 0.3) is 0 Å². The van der Waals surface area contributed by atoms with Crippen LogP contribution < -0.4 is 20.7 Å². The summed E-state index contributed by atoms with van der Waals surface area (Å²) in [5, 5.41) is 5.72. The van der Waals surface area contributed by atoms with Gasteiger partial charge in [0.05, 0.1) is 0 Å². The van der Waals surface area contributed by atoms with E-state index in [1.54, 1.807) is 0 Å². The van der Waals surface area contributed by atoms with E-state index in [-0.39, 0.29) is 0 Å². The van der Waals surface area contributed by atoms with Crippen molar-refractivity contribution in [3.63, 3.8) is 0 Å². The Labute approximate surface area is 155 Å². The molecule has 0 aliphatic carbocycles. The first-order valence-electron chi connectivity index (χ1n) is 8.99. The van der Waals surface area contributed by atoms with Gasteiger partial charge in [-0.3, -0.25) is 4.98 Å². The maximum absolute atomic E-state index is 4.54. The summed E-state index contributed by atoms with van der Waals surface area (Å²) in [5.74, 6) is 0. The van der Waals surface area contributed by atoms with Gasteiger partial charge in [0.2, 0.25) is 0 Å². The number of aryl methyl sites for hydroxylation is 1. The molecule has 2 heteroatoms. The predicted molar refractivity (Wildman–Crippen MR) is 112 cm³/mol. The van der Waals surface area contributed by atoms with Gasteiger partial charge in [0.15, 0.2) is 8.07 Å². The molecule has 0 saturated carbocycles. The molecule has 5 rings (SSSR count). The van der Waals surface area contributed by atoms with Crippen molar-refractivity contribution >= 4 is 28.8 Å². The van der Waals surface area contributed by atoms with E-state index in [1.807, 2.05) is 6.20 Å². The number of aromatic nitrogens is 1. The lowest BCUT2D eigenvalue weighted by molar-refractivity contribution is 1.35. The molecule has 26 heavy (non-hydrogen) atoms. The summed E-state index contributed by atoms with van der Waals surface area (Å²) < 4.78 is 0. The Bertz CT molecular complexity index is 1050. The molecule has 0 N–H and O–H groups in total. The standard InChI is InChI=1S/C24H19NSi/c1-18-12-13-23-22(16-18)21-14-15-25-17-24(21)26(23,19-8-4-2-5-9-19)20-10-6-3-7-11-20/h2-17H,1H3. The summed E-state index contributed by atoms with van der Waals surface area (Å²) in [6, 6.07) is 31.2. The number of nitrogens with zero attached hydrogens (tertiary/aromatic N) is 1. The highest BCUT2D eigenvalue weighted by molar-refractivity contribution is 7.22. The van der Waals surface area contributed by atoms with Gasteiger partial charge in [-0.25, -0.2) is 0 Å². The van der Waals surface area contributed by atoms with Crippen molar-refractivity contribution in [1.29, 1.82) is 0 Å². The summed E-state index contributed by atoms with van der Waals surface area (Å²) in [4.78, 5) is 4.54.